The number of ether oxygens (including phenoxy) is 1. The zero-order valence-electron chi connectivity index (χ0n) is 11.5. The summed E-state index contributed by atoms with van der Waals surface area (Å²) in [5.74, 6) is -0.679. The van der Waals surface area contributed by atoms with Gasteiger partial charge in [-0.1, -0.05) is 0 Å². The molecule has 1 aromatic carbocycles. The van der Waals surface area contributed by atoms with Gasteiger partial charge in [-0.2, -0.15) is 0 Å². The Morgan fingerprint density at radius 1 is 1.40 bits per heavy atom. The van der Waals surface area contributed by atoms with Gasteiger partial charge in [-0.25, -0.2) is 0 Å². The SMILES string of the molecule is COC(CN)CC(=O)Nc1ccc(C(N)=O)c(C)c1.Cl. The van der Waals surface area contributed by atoms with Gasteiger partial charge in [0.05, 0.1) is 12.5 Å². The summed E-state index contributed by atoms with van der Waals surface area (Å²) in [5, 5.41) is 2.72. The minimum absolute atomic E-state index is 0. The van der Waals surface area contributed by atoms with E-state index in [-0.39, 0.29) is 37.4 Å². The van der Waals surface area contributed by atoms with Crippen molar-refractivity contribution in [3.63, 3.8) is 0 Å². The van der Waals surface area contributed by atoms with Crippen LogP contribution in [0.5, 0.6) is 0 Å². The minimum atomic E-state index is -0.488. The Balaban J connectivity index is 0.00000361. The van der Waals surface area contributed by atoms with Gasteiger partial charge in [0.15, 0.2) is 0 Å². The topological polar surface area (TPSA) is 107 Å². The first kappa shape index (κ1) is 18.4. The maximum Gasteiger partial charge on any atom is 0.248 e. The van der Waals surface area contributed by atoms with E-state index in [9.17, 15) is 9.59 Å². The number of methoxy groups -OCH3 is 1. The lowest BCUT2D eigenvalue weighted by atomic mass is 10.1. The van der Waals surface area contributed by atoms with E-state index >= 15 is 0 Å². The second kappa shape index (κ2) is 8.52. The number of amides is 2. The molecule has 0 spiro atoms. The maximum absolute atomic E-state index is 11.7. The molecule has 112 valence electrons. The van der Waals surface area contributed by atoms with Gasteiger partial charge in [-0.05, 0) is 30.7 Å². The average molecular weight is 302 g/mol. The van der Waals surface area contributed by atoms with Crippen LogP contribution in [-0.2, 0) is 9.53 Å². The molecular weight excluding hydrogens is 282 g/mol. The van der Waals surface area contributed by atoms with Gasteiger partial charge >= 0.3 is 0 Å². The highest BCUT2D eigenvalue weighted by Crippen LogP contribution is 2.15. The molecule has 0 aliphatic heterocycles. The summed E-state index contributed by atoms with van der Waals surface area (Å²) in [5.41, 5.74) is 12.4. The zero-order valence-corrected chi connectivity index (χ0v) is 12.3. The number of primary amides is 1. The first-order valence-electron chi connectivity index (χ1n) is 5.91. The lowest BCUT2D eigenvalue weighted by molar-refractivity contribution is -0.118. The summed E-state index contributed by atoms with van der Waals surface area (Å²) >= 11 is 0. The van der Waals surface area contributed by atoms with E-state index in [0.717, 1.165) is 0 Å². The van der Waals surface area contributed by atoms with Crippen molar-refractivity contribution in [2.75, 3.05) is 19.0 Å². The van der Waals surface area contributed by atoms with Crippen LogP contribution in [-0.4, -0.2) is 31.6 Å². The molecule has 1 atom stereocenters. The molecule has 0 heterocycles. The average Bonchev–Trinajstić information content (AvgIpc) is 2.35. The molecule has 7 heteroatoms. The van der Waals surface area contributed by atoms with Crippen LogP contribution >= 0.6 is 12.4 Å². The Morgan fingerprint density at radius 2 is 2.05 bits per heavy atom. The Hall–Kier alpha value is -1.63. The molecule has 6 nitrogen and oxygen atoms in total. The second-order valence-corrected chi connectivity index (χ2v) is 4.24. The van der Waals surface area contributed by atoms with Crippen molar-refractivity contribution in [1.82, 2.24) is 0 Å². The van der Waals surface area contributed by atoms with E-state index in [1.54, 1.807) is 25.1 Å². The summed E-state index contributed by atoms with van der Waals surface area (Å²) in [4.78, 5) is 22.8. The van der Waals surface area contributed by atoms with Gasteiger partial charge in [0.1, 0.15) is 0 Å². The number of carbonyl (C=O) groups is 2. The number of halogens is 1. The van der Waals surface area contributed by atoms with Gasteiger partial charge in [-0.3, -0.25) is 9.59 Å². The number of anilines is 1. The lowest BCUT2D eigenvalue weighted by Gasteiger charge is -2.13. The number of carbonyl (C=O) groups excluding carboxylic acids is 2. The third-order valence-corrected chi connectivity index (χ3v) is 2.78. The van der Waals surface area contributed by atoms with Gasteiger partial charge in [0.2, 0.25) is 11.8 Å². The molecule has 2 amide bonds. The van der Waals surface area contributed by atoms with Crippen molar-refractivity contribution in [1.29, 1.82) is 0 Å². The molecule has 20 heavy (non-hydrogen) atoms. The Labute approximate surface area is 124 Å². The van der Waals surface area contributed by atoms with Crippen LogP contribution in [0.15, 0.2) is 18.2 Å². The molecule has 0 saturated carbocycles. The molecule has 5 N–H and O–H groups in total. The fourth-order valence-corrected chi connectivity index (χ4v) is 1.70. The summed E-state index contributed by atoms with van der Waals surface area (Å²) in [7, 11) is 1.51. The molecule has 0 saturated heterocycles. The predicted octanol–water partition coefficient (Wildman–Crippen LogP) is 0.818. The summed E-state index contributed by atoms with van der Waals surface area (Å²) < 4.78 is 5.04. The summed E-state index contributed by atoms with van der Waals surface area (Å²) in [6.07, 6.45) is -0.116. The number of nitrogens with one attached hydrogen (secondary N) is 1. The minimum Gasteiger partial charge on any atom is -0.380 e. The third-order valence-electron chi connectivity index (χ3n) is 2.78. The Morgan fingerprint density at radius 3 is 2.50 bits per heavy atom. The monoisotopic (exact) mass is 301 g/mol. The number of benzene rings is 1. The van der Waals surface area contributed by atoms with Crippen molar-refractivity contribution in [2.45, 2.75) is 19.4 Å². The standard InChI is InChI=1S/C13H19N3O3.ClH/c1-8-5-9(3-4-11(8)13(15)18)16-12(17)6-10(7-14)19-2;/h3-5,10H,6-7,14H2,1-2H3,(H2,15,18)(H,16,17);1H. The number of hydrogen-bond donors (Lipinski definition) is 3. The fourth-order valence-electron chi connectivity index (χ4n) is 1.70. The normalized spacial score (nSPS) is 11.3. The van der Waals surface area contributed by atoms with Crippen LogP contribution in [0.25, 0.3) is 0 Å². The quantitative estimate of drug-likeness (QED) is 0.723. The van der Waals surface area contributed by atoms with Gasteiger partial charge in [0, 0.05) is 24.9 Å². The highest BCUT2D eigenvalue weighted by molar-refractivity contribution is 5.96. The van der Waals surface area contributed by atoms with E-state index < -0.39 is 5.91 Å². The zero-order chi connectivity index (χ0) is 14.4. The first-order valence-corrected chi connectivity index (χ1v) is 5.91. The molecule has 0 aliphatic rings. The van der Waals surface area contributed by atoms with Crippen molar-refractivity contribution in [3.8, 4) is 0 Å². The van der Waals surface area contributed by atoms with Gasteiger partial charge in [0.25, 0.3) is 0 Å². The van der Waals surface area contributed by atoms with Crippen molar-refractivity contribution in [3.05, 3.63) is 29.3 Å². The second-order valence-electron chi connectivity index (χ2n) is 4.24. The summed E-state index contributed by atoms with van der Waals surface area (Å²) in [6, 6.07) is 4.92. The molecular formula is C13H20ClN3O3. The van der Waals surface area contributed by atoms with Crippen LogP contribution in [0.3, 0.4) is 0 Å². The molecule has 0 aromatic heterocycles. The molecule has 0 aliphatic carbocycles. The van der Waals surface area contributed by atoms with E-state index in [2.05, 4.69) is 5.32 Å². The van der Waals surface area contributed by atoms with Crippen LogP contribution in [0, 0.1) is 6.92 Å². The van der Waals surface area contributed by atoms with Crippen LogP contribution in [0.2, 0.25) is 0 Å². The molecule has 1 unspecified atom stereocenters. The first-order chi connectivity index (χ1) is 8.97. The number of nitrogens with two attached hydrogens (primary N) is 2. The van der Waals surface area contributed by atoms with Crippen LogP contribution in [0.1, 0.15) is 22.3 Å². The highest BCUT2D eigenvalue weighted by Gasteiger charge is 2.12. The predicted molar refractivity (Wildman–Crippen MR) is 80.0 cm³/mol. The smallest absolute Gasteiger partial charge is 0.248 e. The van der Waals surface area contributed by atoms with E-state index in [4.69, 9.17) is 16.2 Å². The Bertz CT molecular complexity index is 476. The number of rotatable bonds is 6. The Kier molecular flexibility index (Phi) is 7.83. The molecule has 0 radical (unpaired) electrons. The largest absolute Gasteiger partial charge is 0.380 e. The summed E-state index contributed by atoms with van der Waals surface area (Å²) in [6.45, 7) is 2.04. The van der Waals surface area contributed by atoms with E-state index in [1.165, 1.54) is 7.11 Å². The molecule has 1 aromatic rings. The highest BCUT2D eigenvalue weighted by atomic mass is 35.5. The van der Waals surface area contributed by atoms with Crippen LogP contribution < -0.4 is 16.8 Å². The van der Waals surface area contributed by atoms with E-state index in [0.29, 0.717) is 16.8 Å². The van der Waals surface area contributed by atoms with Crippen molar-refractivity contribution < 1.29 is 14.3 Å². The third kappa shape index (κ3) is 5.16. The lowest BCUT2D eigenvalue weighted by Crippen LogP contribution is -2.28. The molecule has 0 bridgehead atoms. The van der Waals surface area contributed by atoms with Crippen LogP contribution in [0.4, 0.5) is 5.69 Å². The maximum atomic E-state index is 11.7. The molecule has 0 fully saturated rings. The number of aryl methyl sites for hydroxylation is 1. The van der Waals surface area contributed by atoms with Crippen molar-refractivity contribution in [2.24, 2.45) is 11.5 Å². The van der Waals surface area contributed by atoms with Gasteiger partial charge in [-0.15, -0.1) is 12.4 Å². The van der Waals surface area contributed by atoms with E-state index in [1.807, 2.05) is 0 Å². The fraction of sp³-hybridized carbons (Fsp3) is 0.385. The van der Waals surface area contributed by atoms with Gasteiger partial charge < -0.3 is 21.5 Å². The molecule has 1 rings (SSSR count). The van der Waals surface area contributed by atoms with Crippen molar-refractivity contribution >= 4 is 29.9 Å². The number of hydrogen-bond acceptors (Lipinski definition) is 4.